The molecule has 1 amide bonds. The van der Waals surface area contributed by atoms with Crippen LogP contribution in [0.3, 0.4) is 0 Å². The molecule has 1 N–H and O–H groups in total. The van der Waals surface area contributed by atoms with E-state index in [0.29, 0.717) is 33.5 Å². The van der Waals surface area contributed by atoms with Gasteiger partial charge in [0.2, 0.25) is 5.91 Å². The molecular formula is C28H31N3O5S. The quantitative estimate of drug-likeness (QED) is 0.470. The van der Waals surface area contributed by atoms with Gasteiger partial charge in [-0.2, -0.15) is 0 Å². The molecule has 0 bridgehead atoms. The van der Waals surface area contributed by atoms with E-state index in [1.54, 1.807) is 27.2 Å². The lowest BCUT2D eigenvalue weighted by molar-refractivity contribution is -0.139. The summed E-state index contributed by atoms with van der Waals surface area (Å²) in [6, 6.07) is 14.3. The maximum atomic E-state index is 13.6. The number of benzene rings is 2. The Kier molecular flexibility index (Phi) is 8.23. The molecule has 2 aromatic rings. The van der Waals surface area contributed by atoms with E-state index in [-0.39, 0.29) is 25.0 Å². The maximum absolute atomic E-state index is 13.6. The normalized spacial score (nSPS) is 16.7. The van der Waals surface area contributed by atoms with E-state index in [4.69, 9.17) is 19.2 Å². The van der Waals surface area contributed by atoms with Gasteiger partial charge < -0.3 is 24.4 Å². The van der Waals surface area contributed by atoms with Crippen LogP contribution < -0.4 is 14.8 Å². The van der Waals surface area contributed by atoms with Crippen molar-refractivity contribution in [1.29, 1.82) is 0 Å². The Morgan fingerprint density at radius 3 is 2.51 bits per heavy atom. The predicted octanol–water partition coefficient (Wildman–Crippen LogP) is 4.89. The Morgan fingerprint density at radius 1 is 1.11 bits per heavy atom. The Hall–Kier alpha value is -3.72. The number of nitrogens with one attached hydrogen (secondary N) is 1. The second-order valence-corrected chi connectivity index (χ2v) is 9.59. The monoisotopic (exact) mass is 521 g/mol. The predicted molar refractivity (Wildman–Crippen MR) is 145 cm³/mol. The zero-order valence-corrected chi connectivity index (χ0v) is 22.4. The van der Waals surface area contributed by atoms with Crippen molar-refractivity contribution < 1.29 is 23.8 Å². The third kappa shape index (κ3) is 5.51. The zero-order chi connectivity index (χ0) is 26.5. The molecule has 0 spiro atoms. The van der Waals surface area contributed by atoms with Gasteiger partial charge in [-0.05, 0) is 44.4 Å². The number of rotatable bonds is 9. The van der Waals surface area contributed by atoms with Gasteiger partial charge in [0.05, 0.1) is 44.6 Å². The number of amides is 1. The second-order valence-electron chi connectivity index (χ2n) is 8.75. The molecule has 2 aromatic carbocycles. The highest BCUT2D eigenvalue weighted by Gasteiger charge is 2.43. The van der Waals surface area contributed by atoms with Gasteiger partial charge in [0.25, 0.3) is 0 Å². The van der Waals surface area contributed by atoms with Gasteiger partial charge >= 0.3 is 5.97 Å². The van der Waals surface area contributed by atoms with Gasteiger partial charge in [0, 0.05) is 22.9 Å². The van der Waals surface area contributed by atoms with Gasteiger partial charge in [-0.25, -0.2) is 9.79 Å². The van der Waals surface area contributed by atoms with Crippen LogP contribution >= 0.6 is 11.8 Å². The molecule has 0 radical (unpaired) electrons. The van der Waals surface area contributed by atoms with Crippen molar-refractivity contribution in [2.75, 3.05) is 20.8 Å². The van der Waals surface area contributed by atoms with Crippen LogP contribution in [0, 0.1) is 0 Å². The molecule has 2 aliphatic rings. The first-order chi connectivity index (χ1) is 17.9. The van der Waals surface area contributed by atoms with Crippen molar-refractivity contribution >= 4 is 34.5 Å². The van der Waals surface area contributed by atoms with Gasteiger partial charge in [-0.1, -0.05) is 42.1 Å². The fourth-order valence-electron chi connectivity index (χ4n) is 4.37. The summed E-state index contributed by atoms with van der Waals surface area (Å²) in [4.78, 5) is 33.3. The van der Waals surface area contributed by atoms with E-state index in [0.717, 1.165) is 11.3 Å². The van der Waals surface area contributed by atoms with Crippen LogP contribution in [0.15, 0.2) is 70.2 Å². The lowest BCUT2D eigenvalue weighted by Crippen LogP contribution is -2.39. The average Bonchev–Trinajstić information content (AvgIpc) is 3.29. The molecule has 4 rings (SSSR count). The number of methoxy groups -OCH3 is 2. The summed E-state index contributed by atoms with van der Waals surface area (Å²) in [5.41, 5.74) is 3.10. The SMILES string of the molecule is CCOC(=O)C1=C(c2ccccc2)N=C2SC=C(CC(=O)NC(C)C)N2[C@H]1c1cc(OC)ccc1OC. The summed E-state index contributed by atoms with van der Waals surface area (Å²) < 4.78 is 16.8. The van der Waals surface area contributed by atoms with Crippen molar-refractivity contribution in [2.24, 2.45) is 4.99 Å². The van der Waals surface area contributed by atoms with Crippen LogP contribution in [-0.4, -0.2) is 48.8 Å². The molecule has 0 saturated carbocycles. The number of amidine groups is 1. The molecule has 8 nitrogen and oxygen atoms in total. The molecule has 37 heavy (non-hydrogen) atoms. The molecule has 194 valence electrons. The average molecular weight is 522 g/mol. The van der Waals surface area contributed by atoms with Gasteiger partial charge in [0.1, 0.15) is 11.5 Å². The number of carbonyl (C=O) groups is 2. The lowest BCUT2D eigenvalue weighted by atomic mass is 9.90. The number of carbonyl (C=O) groups excluding carboxylic acids is 2. The van der Waals surface area contributed by atoms with E-state index in [1.807, 2.05) is 66.6 Å². The third-order valence-corrected chi connectivity index (χ3v) is 6.76. The van der Waals surface area contributed by atoms with Crippen LogP contribution in [0.5, 0.6) is 11.5 Å². The van der Waals surface area contributed by atoms with Crippen molar-refractivity contribution in [3.63, 3.8) is 0 Å². The minimum atomic E-state index is -0.667. The van der Waals surface area contributed by atoms with Crippen molar-refractivity contribution in [3.8, 4) is 11.5 Å². The van der Waals surface area contributed by atoms with Crippen molar-refractivity contribution in [3.05, 3.63) is 76.3 Å². The highest BCUT2D eigenvalue weighted by molar-refractivity contribution is 8.16. The Morgan fingerprint density at radius 2 is 1.86 bits per heavy atom. The highest BCUT2D eigenvalue weighted by atomic mass is 32.2. The topological polar surface area (TPSA) is 89.5 Å². The second kappa shape index (κ2) is 11.6. The third-order valence-electron chi connectivity index (χ3n) is 5.88. The number of thioether (sulfide) groups is 1. The Balaban J connectivity index is 1.95. The van der Waals surface area contributed by atoms with Crippen LogP contribution in [0.1, 0.15) is 44.4 Å². The number of hydrogen-bond acceptors (Lipinski definition) is 8. The summed E-state index contributed by atoms with van der Waals surface area (Å²) in [5, 5.41) is 5.52. The first-order valence-corrected chi connectivity index (χ1v) is 13.0. The van der Waals surface area contributed by atoms with Crippen molar-refractivity contribution in [2.45, 2.75) is 39.3 Å². The van der Waals surface area contributed by atoms with E-state index < -0.39 is 12.0 Å². The molecular weight excluding hydrogens is 490 g/mol. The van der Waals surface area contributed by atoms with Crippen LogP contribution in [0.4, 0.5) is 0 Å². The molecule has 2 aliphatic heterocycles. The Bertz CT molecular complexity index is 1270. The van der Waals surface area contributed by atoms with Gasteiger partial charge in [-0.3, -0.25) is 4.79 Å². The summed E-state index contributed by atoms with van der Waals surface area (Å²) in [6.45, 7) is 5.81. The van der Waals surface area contributed by atoms with Crippen molar-refractivity contribution in [1.82, 2.24) is 10.2 Å². The zero-order valence-electron chi connectivity index (χ0n) is 21.6. The molecule has 0 aromatic heterocycles. The number of fused-ring (bicyclic) bond motifs is 1. The highest BCUT2D eigenvalue weighted by Crippen LogP contribution is 2.49. The Labute approximate surface area is 221 Å². The summed E-state index contributed by atoms with van der Waals surface area (Å²) >= 11 is 1.42. The van der Waals surface area contributed by atoms with E-state index in [2.05, 4.69) is 5.32 Å². The minimum absolute atomic E-state index is 0.00518. The largest absolute Gasteiger partial charge is 0.497 e. The standard InChI is InChI=1S/C28H31N3O5S/c1-6-36-27(33)24-25(18-10-8-7-9-11-18)30-28-31(19(16-37-28)14-23(32)29-17(2)3)26(24)21-15-20(34-4)12-13-22(21)35-5/h7-13,15-17,26H,6,14H2,1-5H3,(H,29,32)/t26-/m0/s1. The first-order valence-electron chi connectivity index (χ1n) is 12.1. The minimum Gasteiger partial charge on any atom is -0.497 e. The smallest absolute Gasteiger partial charge is 0.338 e. The molecule has 0 fully saturated rings. The summed E-state index contributed by atoms with van der Waals surface area (Å²) in [6.07, 6.45) is 0.129. The fraction of sp³-hybridized carbons (Fsp3) is 0.321. The van der Waals surface area contributed by atoms with E-state index in [9.17, 15) is 9.59 Å². The molecule has 0 unspecified atom stereocenters. The molecule has 2 heterocycles. The number of nitrogens with zero attached hydrogens (tertiary/aromatic N) is 2. The van der Waals surface area contributed by atoms with Crippen LogP contribution in [-0.2, 0) is 14.3 Å². The molecule has 9 heteroatoms. The molecule has 0 aliphatic carbocycles. The van der Waals surface area contributed by atoms with Crippen LogP contribution in [0.2, 0.25) is 0 Å². The van der Waals surface area contributed by atoms with Gasteiger partial charge in [0.15, 0.2) is 5.17 Å². The fourth-order valence-corrected chi connectivity index (χ4v) is 5.29. The van der Waals surface area contributed by atoms with E-state index >= 15 is 0 Å². The molecule has 0 saturated heterocycles. The number of esters is 1. The first kappa shape index (κ1) is 26.3. The van der Waals surface area contributed by atoms with Gasteiger partial charge in [-0.15, -0.1) is 0 Å². The lowest BCUT2D eigenvalue weighted by Gasteiger charge is -2.37. The maximum Gasteiger partial charge on any atom is 0.338 e. The number of aliphatic imine (C=N–C) groups is 1. The number of hydrogen-bond donors (Lipinski definition) is 1. The summed E-state index contributed by atoms with van der Waals surface area (Å²) in [5.74, 6) is 0.584. The summed E-state index contributed by atoms with van der Waals surface area (Å²) in [7, 11) is 3.17. The van der Waals surface area contributed by atoms with E-state index in [1.165, 1.54) is 11.8 Å². The van der Waals surface area contributed by atoms with Crippen LogP contribution in [0.25, 0.3) is 5.70 Å². The number of ether oxygens (including phenoxy) is 3. The molecule has 1 atom stereocenters.